The van der Waals surface area contributed by atoms with Gasteiger partial charge in [-0.15, -0.1) is 0 Å². The summed E-state index contributed by atoms with van der Waals surface area (Å²) >= 11 is 0. The zero-order chi connectivity index (χ0) is 26.8. The summed E-state index contributed by atoms with van der Waals surface area (Å²) in [6.45, 7) is 1.03. The van der Waals surface area contributed by atoms with Crippen LogP contribution in [0.3, 0.4) is 0 Å². The maximum atomic E-state index is 13.2. The van der Waals surface area contributed by atoms with Crippen molar-refractivity contribution >= 4 is 5.97 Å². The fraction of sp³-hybridized carbons (Fsp3) is 0.519. The van der Waals surface area contributed by atoms with Crippen LogP contribution >= 0.6 is 0 Å². The second-order valence-corrected chi connectivity index (χ2v) is 9.66. The van der Waals surface area contributed by atoms with Crippen LogP contribution in [0.2, 0.25) is 0 Å². The summed E-state index contributed by atoms with van der Waals surface area (Å²) in [6, 6.07) is 9.23. The number of carbonyl (C=O) groups is 1. The molecule has 2 aliphatic rings. The number of carbonyl (C=O) groups excluding carboxylic acids is 1. The van der Waals surface area contributed by atoms with E-state index in [1.807, 2.05) is 0 Å². The van der Waals surface area contributed by atoms with Crippen molar-refractivity contribution in [2.75, 3.05) is 20.3 Å². The summed E-state index contributed by atoms with van der Waals surface area (Å²) < 4.78 is 90.0. The third-order valence-electron chi connectivity index (χ3n) is 7.31. The van der Waals surface area contributed by atoms with Crippen molar-refractivity contribution in [3.05, 3.63) is 70.8 Å². The van der Waals surface area contributed by atoms with Gasteiger partial charge in [-0.2, -0.15) is 26.3 Å². The normalized spacial score (nSPS) is 24.1. The second-order valence-electron chi connectivity index (χ2n) is 9.66. The number of rotatable bonds is 6. The summed E-state index contributed by atoms with van der Waals surface area (Å²) in [5, 5.41) is 0. The van der Waals surface area contributed by atoms with E-state index in [1.54, 1.807) is 0 Å². The molecule has 0 bridgehead atoms. The Morgan fingerprint density at radius 3 is 2.08 bits per heavy atom. The van der Waals surface area contributed by atoms with Crippen LogP contribution in [-0.2, 0) is 26.6 Å². The van der Waals surface area contributed by atoms with Crippen molar-refractivity contribution in [1.82, 2.24) is 4.90 Å². The van der Waals surface area contributed by atoms with Gasteiger partial charge in [-0.3, -0.25) is 9.69 Å². The van der Waals surface area contributed by atoms with Gasteiger partial charge in [0.2, 0.25) is 0 Å². The molecule has 4 atom stereocenters. The first-order chi connectivity index (χ1) is 17.5. The highest BCUT2D eigenvalue weighted by atomic mass is 19.4. The fourth-order valence-corrected chi connectivity index (χ4v) is 5.46. The summed E-state index contributed by atoms with van der Waals surface area (Å²) in [7, 11) is 1.31. The van der Waals surface area contributed by atoms with Crippen molar-refractivity contribution in [2.24, 2.45) is 5.92 Å². The van der Waals surface area contributed by atoms with Gasteiger partial charge in [0.25, 0.3) is 0 Å². The first-order valence-corrected chi connectivity index (χ1v) is 12.3. The summed E-state index contributed by atoms with van der Waals surface area (Å²) in [6.07, 6.45) is -6.37. The zero-order valence-electron chi connectivity index (χ0n) is 20.3. The quantitative estimate of drug-likeness (QED) is 0.300. The number of nitrogens with zero attached hydrogens (tertiary/aromatic N) is 1. The lowest BCUT2D eigenvalue weighted by Crippen LogP contribution is -2.44. The Balaban J connectivity index is 1.71. The van der Waals surface area contributed by atoms with Crippen LogP contribution in [0, 0.1) is 5.92 Å². The van der Waals surface area contributed by atoms with Crippen molar-refractivity contribution in [2.45, 2.75) is 62.6 Å². The molecule has 0 amide bonds. The molecule has 2 aromatic rings. The maximum Gasteiger partial charge on any atom is 0.416 e. The second kappa shape index (κ2) is 11.0. The topological polar surface area (TPSA) is 38.8 Å². The molecule has 4 rings (SSSR count). The van der Waals surface area contributed by atoms with Crippen molar-refractivity contribution < 1.29 is 40.6 Å². The molecule has 2 saturated heterocycles. The highest BCUT2D eigenvalue weighted by Crippen LogP contribution is 2.45. The molecular formula is C27H29F6NO3. The van der Waals surface area contributed by atoms with Crippen molar-refractivity contribution in [1.29, 1.82) is 0 Å². The largest absolute Gasteiger partial charge is 0.469 e. The van der Waals surface area contributed by atoms with Gasteiger partial charge in [0.05, 0.1) is 30.4 Å². The molecular weight excluding hydrogens is 500 g/mol. The number of methoxy groups -OCH3 is 1. The Kier molecular flexibility index (Phi) is 8.18. The van der Waals surface area contributed by atoms with Crippen LogP contribution in [-0.4, -0.2) is 37.2 Å². The molecule has 2 fully saturated rings. The Bertz CT molecular complexity index is 1050. The van der Waals surface area contributed by atoms with Crippen molar-refractivity contribution in [3.8, 4) is 0 Å². The summed E-state index contributed by atoms with van der Waals surface area (Å²) in [5.41, 5.74) is -0.206. The molecule has 0 N–H and O–H groups in total. The number of hydrogen-bond donors (Lipinski definition) is 0. The van der Waals surface area contributed by atoms with E-state index < -0.39 is 29.5 Å². The lowest BCUT2D eigenvalue weighted by Gasteiger charge is -2.46. The smallest absolute Gasteiger partial charge is 0.416 e. The van der Waals surface area contributed by atoms with E-state index in [1.165, 1.54) is 31.4 Å². The molecule has 2 aliphatic heterocycles. The van der Waals surface area contributed by atoms with Crippen LogP contribution in [0.15, 0.2) is 48.5 Å². The molecule has 4 nitrogen and oxygen atoms in total. The zero-order valence-corrected chi connectivity index (χ0v) is 20.3. The molecule has 2 heterocycles. The van der Waals surface area contributed by atoms with Crippen LogP contribution in [0.1, 0.15) is 66.4 Å². The van der Waals surface area contributed by atoms with Gasteiger partial charge in [0.15, 0.2) is 0 Å². The van der Waals surface area contributed by atoms with Gasteiger partial charge in [-0.25, -0.2) is 0 Å². The van der Waals surface area contributed by atoms with E-state index in [2.05, 4.69) is 4.90 Å². The third-order valence-corrected chi connectivity index (χ3v) is 7.31. The number of hydrogen-bond acceptors (Lipinski definition) is 4. The SMILES string of the molecule is COC(=O)C[C@@H]1CCN(C(c2ccc(C(F)(F)F)cc2)[C@H]2CCCO2)[C@H](c2ccc(C(F)(F)F)cc2)C1. The molecule has 1 unspecified atom stereocenters. The minimum Gasteiger partial charge on any atom is -0.469 e. The minimum atomic E-state index is -4.47. The van der Waals surface area contributed by atoms with E-state index in [-0.39, 0.29) is 30.5 Å². The first-order valence-electron chi connectivity index (χ1n) is 12.3. The molecule has 2 aromatic carbocycles. The molecule has 0 saturated carbocycles. The number of halogens is 6. The highest BCUT2D eigenvalue weighted by molar-refractivity contribution is 5.69. The lowest BCUT2D eigenvalue weighted by molar-refractivity contribution is -0.142. The Labute approximate surface area is 211 Å². The monoisotopic (exact) mass is 529 g/mol. The van der Waals surface area contributed by atoms with E-state index in [0.29, 0.717) is 43.5 Å². The molecule has 10 heteroatoms. The molecule has 0 spiro atoms. The summed E-state index contributed by atoms with van der Waals surface area (Å²) in [5.74, 6) is -0.406. The average Bonchev–Trinajstić information content (AvgIpc) is 3.38. The first kappa shape index (κ1) is 27.4. The van der Waals surface area contributed by atoms with Crippen LogP contribution in [0.5, 0.6) is 0 Å². The number of piperidine rings is 1. The number of ether oxygens (including phenoxy) is 2. The van der Waals surface area contributed by atoms with E-state index >= 15 is 0 Å². The molecule has 0 aromatic heterocycles. The lowest BCUT2D eigenvalue weighted by atomic mass is 9.82. The maximum absolute atomic E-state index is 13.2. The average molecular weight is 530 g/mol. The van der Waals surface area contributed by atoms with E-state index in [0.717, 1.165) is 30.7 Å². The fourth-order valence-electron chi connectivity index (χ4n) is 5.46. The number of alkyl halides is 6. The van der Waals surface area contributed by atoms with Crippen molar-refractivity contribution in [3.63, 3.8) is 0 Å². The van der Waals surface area contributed by atoms with Gasteiger partial charge in [0.1, 0.15) is 0 Å². The third kappa shape index (κ3) is 6.46. The van der Waals surface area contributed by atoms with E-state index in [9.17, 15) is 31.1 Å². The molecule has 0 radical (unpaired) electrons. The van der Waals surface area contributed by atoms with Gasteiger partial charge < -0.3 is 9.47 Å². The predicted molar refractivity (Wildman–Crippen MR) is 123 cm³/mol. The molecule has 0 aliphatic carbocycles. The number of esters is 1. The van der Waals surface area contributed by atoms with Crippen LogP contribution < -0.4 is 0 Å². The number of likely N-dealkylation sites (tertiary alicyclic amines) is 1. The molecule has 37 heavy (non-hydrogen) atoms. The Hall–Kier alpha value is -2.59. The van der Waals surface area contributed by atoms with E-state index in [4.69, 9.17) is 9.47 Å². The van der Waals surface area contributed by atoms with Crippen LogP contribution in [0.25, 0.3) is 0 Å². The summed E-state index contributed by atoms with van der Waals surface area (Å²) in [4.78, 5) is 14.1. The Morgan fingerprint density at radius 1 is 0.973 bits per heavy atom. The molecule has 202 valence electrons. The van der Waals surface area contributed by atoms with Gasteiger partial charge >= 0.3 is 18.3 Å². The predicted octanol–water partition coefficient (Wildman–Crippen LogP) is 6.96. The minimum absolute atomic E-state index is 0.0475. The standard InChI is InChI=1S/C27H29F6NO3/c1-36-24(35)16-17-12-13-34(22(15-17)18-4-8-20(9-5-18)26(28,29)30)25(23-3-2-14-37-23)19-6-10-21(11-7-19)27(31,32)33/h4-11,17,22-23,25H,2-3,12-16H2,1H3/t17-,22+,23-,25?/m1/s1. The van der Waals surface area contributed by atoms with Gasteiger partial charge in [-0.05, 0) is 73.5 Å². The Morgan fingerprint density at radius 2 is 1.57 bits per heavy atom. The highest BCUT2D eigenvalue weighted by Gasteiger charge is 2.41. The van der Waals surface area contributed by atoms with Crippen LogP contribution in [0.4, 0.5) is 26.3 Å². The van der Waals surface area contributed by atoms with Gasteiger partial charge in [0, 0.05) is 19.1 Å². The van der Waals surface area contributed by atoms with Gasteiger partial charge in [-0.1, -0.05) is 24.3 Å². The number of benzene rings is 2.